The van der Waals surface area contributed by atoms with E-state index in [0.717, 1.165) is 12.1 Å². The van der Waals surface area contributed by atoms with Crippen molar-refractivity contribution < 1.29 is 12.8 Å². The molecule has 0 heterocycles. The zero-order valence-electron chi connectivity index (χ0n) is 7.37. The highest BCUT2D eigenvalue weighted by atomic mass is 35.7. The number of nitrogens with zero attached hydrogens (tertiary/aromatic N) is 1. The van der Waals surface area contributed by atoms with Crippen molar-refractivity contribution in [3.05, 3.63) is 29.1 Å². The van der Waals surface area contributed by atoms with Gasteiger partial charge >= 0.3 is 0 Å². The van der Waals surface area contributed by atoms with Gasteiger partial charge in [-0.1, -0.05) is 0 Å². The van der Waals surface area contributed by atoms with E-state index < -0.39 is 19.8 Å². The number of rotatable bonds is 2. The summed E-state index contributed by atoms with van der Waals surface area (Å²) >= 11 is 0. The Bertz CT molecular complexity index is 536. The topological polar surface area (TPSA) is 84.0 Å². The molecule has 1 aromatic carbocycles. The minimum absolute atomic E-state index is 0.0221. The van der Waals surface area contributed by atoms with Gasteiger partial charge in [0, 0.05) is 22.8 Å². The molecule has 0 amide bonds. The highest BCUT2D eigenvalue weighted by Crippen LogP contribution is 2.24. The van der Waals surface area contributed by atoms with Crippen LogP contribution in [0.2, 0.25) is 0 Å². The number of hydrogen-bond acceptors (Lipinski definition) is 4. The molecule has 0 bridgehead atoms. The van der Waals surface area contributed by atoms with Gasteiger partial charge in [-0.15, -0.1) is 0 Å². The summed E-state index contributed by atoms with van der Waals surface area (Å²) in [6.07, 6.45) is 0. The second-order valence-electron chi connectivity index (χ2n) is 2.68. The fourth-order valence-electron chi connectivity index (χ4n) is 1.14. The molecule has 2 N–H and O–H groups in total. The molecule has 1 aromatic rings. The molecular formula is C8H6ClFN2O2S. The maximum Gasteiger partial charge on any atom is 0.261 e. The number of nitrogens with two attached hydrogens (primary N) is 1. The highest BCUT2D eigenvalue weighted by molar-refractivity contribution is 8.13. The molecule has 0 fully saturated rings. The summed E-state index contributed by atoms with van der Waals surface area (Å²) < 4.78 is 35.1. The molecule has 0 saturated heterocycles. The van der Waals surface area contributed by atoms with Crippen molar-refractivity contribution in [2.75, 3.05) is 0 Å². The van der Waals surface area contributed by atoms with E-state index in [4.69, 9.17) is 21.7 Å². The van der Waals surface area contributed by atoms with Crippen LogP contribution in [0.4, 0.5) is 4.39 Å². The van der Waals surface area contributed by atoms with E-state index in [-0.39, 0.29) is 17.7 Å². The smallest absolute Gasteiger partial charge is 0.261 e. The van der Waals surface area contributed by atoms with Crippen LogP contribution >= 0.6 is 10.7 Å². The van der Waals surface area contributed by atoms with E-state index in [0.29, 0.717) is 0 Å². The van der Waals surface area contributed by atoms with Crippen molar-refractivity contribution in [1.82, 2.24) is 0 Å². The van der Waals surface area contributed by atoms with Crippen LogP contribution in [0, 0.1) is 17.1 Å². The zero-order chi connectivity index (χ0) is 11.6. The van der Waals surface area contributed by atoms with Crippen LogP contribution in [-0.2, 0) is 15.6 Å². The van der Waals surface area contributed by atoms with Crippen molar-refractivity contribution >= 4 is 19.7 Å². The zero-order valence-corrected chi connectivity index (χ0v) is 8.94. The Hall–Kier alpha value is -1.16. The van der Waals surface area contributed by atoms with E-state index in [1.165, 1.54) is 0 Å². The monoisotopic (exact) mass is 248 g/mol. The Labute approximate surface area is 90.5 Å². The Morgan fingerprint density at radius 1 is 1.53 bits per heavy atom. The molecule has 1 rings (SSSR count). The molecular weight excluding hydrogens is 243 g/mol. The predicted molar refractivity (Wildman–Crippen MR) is 52.0 cm³/mol. The summed E-state index contributed by atoms with van der Waals surface area (Å²) in [4.78, 5) is -0.455. The van der Waals surface area contributed by atoms with Gasteiger partial charge in [0.25, 0.3) is 9.05 Å². The molecule has 4 nitrogen and oxygen atoms in total. The number of halogens is 2. The highest BCUT2D eigenvalue weighted by Gasteiger charge is 2.19. The van der Waals surface area contributed by atoms with Crippen LogP contribution in [0.3, 0.4) is 0 Å². The van der Waals surface area contributed by atoms with Crippen molar-refractivity contribution in [2.45, 2.75) is 11.4 Å². The molecule has 0 radical (unpaired) electrons. The lowest BCUT2D eigenvalue weighted by molar-refractivity contribution is 0.599. The third-order valence-electron chi connectivity index (χ3n) is 1.76. The Morgan fingerprint density at radius 3 is 2.53 bits per heavy atom. The molecule has 0 aromatic heterocycles. The Balaban J connectivity index is 3.66. The summed E-state index contributed by atoms with van der Waals surface area (Å²) in [6.45, 7) is -0.204. The normalized spacial score (nSPS) is 11.1. The summed E-state index contributed by atoms with van der Waals surface area (Å²) in [6, 6.07) is 3.31. The first-order chi connectivity index (χ1) is 6.90. The maximum atomic E-state index is 12.9. The molecule has 15 heavy (non-hydrogen) atoms. The van der Waals surface area contributed by atoms with Gasteiger partial charge in [-0.3, -0.25) is 0 Å². The molecule has 0 aliphatic carbocycles. The second kappa shape index (κ2) is 4.14. The van der Waals surface area contributed by atoms with E-state index in [9.17, 15) is 12.8 Å². The number of nitriles is 1. The van der Waals surface area contributed by atoms with E-state index in [1.54, 1.807) is 6.07 Å². The lowest BCUT2D eigenvalue weighted by Crippen LogP contribution is -2.07. The van der Waals surface area contributed by atoms with Crippen LogP contribution in [0.1, 0.15) is 11.1 Å². The Morgan fingerprint density at radius 2 is 2.13 bits per heavy atom. The van der Waals surface area contributed by atoms with Gasteiger partial charge in [-0.05, 0) is 12.1 Å². The van der Waals surface area contributed by atoms with Gasteiger partial charge in [0.1, 0.15) is 5.82 Å². The third kappa shape index (κ3) is 2.45. The molecule has 7 heteroatoms. The van der Waals surface area contributed by atoms with Crippen LogP contribution in [0.5, 0.6) is 0 Å². The predicted octanol–water partition coefficient (Wildman–Crippen LogP) is 1.08. The Kier molecular flexibility index (Phi) is 3.29. The fraction of sp³-hybridized carbons (Fsp3) is 0.125. The average Bonchev–Trinajstić information content (AvgIpc) is 2.15. The van der Waals surface area contributed by atoms with Gasteiger partial charge < -0.3 is 5.73 Å². The van der Waals surface area contributed by atoms with Crippen molar-refractivity contribution in [3.63, 3.8) is 0 Å². The van der Waals surface area contributed by atoms with Crippen LogP contribution < -0.4 is 5.73 Å². The van der Waals surface area contributed by atoms with Crippen LogP contribution in [0.15, 0.2) is 17.0 Å². The van der Waals surface area contributed by atoms with Gasteiger partial charge in [-0.2, -0.15) is 5.26 Å². The lowest BCUT2D eigenvalue weighted by atomic mass is 10.1. The summed E-state index contributed by atoms with van der Waals surface area (Å²) in [5.74, 6) is -0.844. The van der Waals surface area contributed by atoms with Crippen molar-refractivity contribution in [3.8, 4) is 6.07 Å². The maximum absolute atomic E-state index is 12.9. The molecule has 0 unspecified atom stereocenters. The molecule has 0 saturated carbocycles. The quantitative estimate of drug-likeness (QED) is 0.794. The number of benzene rings is 1. The first-order valence-electron chi connectivity index (χ1n) is 3.77. The van der Waals surface area contributed by atoms with Crippen molar-refractivity contribution in [1.29, 1.82) is 5.26 Å². The molecule has 0 spiro atoms. The van der Waals surface area contributed by atoms with Crippen LogP contribution in [0.25, 0.3) is 0 Å². The standard InChI is InChI=1S/C8H6ClFN2O2S/c9-15(13,14)8-2-6(10)1-5(3-11)7(8)4-12/h1-2H,4,12H2. The molecule has 0 aliphatic rings. The van der Waals surface area contributed by atoms with Gasteiger partial charge in [-0.25, -0.2) is 12.8 Å². The second-order valence-corrected chi connectivity index (χ2v) is 5.22. The summed E-state index contributed by atoms with van der Waals surface area (Å²) in [7, 11) is 0.984. The first-order valence-corrected chi connectivity index (χ1v) is 6.08. The lowest BCUT2D eigenvalue weighted by Gasteiger charge is -2.06. The SMILES string of the molecule is N#Cc1cc(F)cc(S(=O)(=O)Cl)c1CN. The van der Waals surface area contributed by atoms with E-state index >= 15 is 0 Å². The van der Waals surface area contributed by atoms with Gasteiger partial charge in [0.15, 0.2) is 0 Å². The van der Waals surface area contributed by atoms with Crippen molar-refractivity contribution in [2.24, 2.45) is 5.73 Å². The average molecular weight is 249 g/mol. The minimum atomic E-state index is -4.10. The third-order valence-corrected chi connectivity index (χ3v) is 3.15. The molecule has 80 valence electrons. The fourth-order valence-corrected chi connectivity index (χ4v) is 2.29. The van der Waals surface area contributed by atoms with E-state index in [1.807, 2.05) is 0 Å². The van der Waals surface area contributed by atoms with Gasteiger partial charge in [0.05, 0.1) is 16.5 Å². The summed E-state index contributed by atoms with van der Waals surface area (Å²) in [5.41, 5.74) is 5.17. The summed E-state index contributed by atoms with van der Waals surface area (Å²) in [5, 5.41) is 8.65. The van der Waals surface area contributed by atoms with E-state index in [2.05, 4.69) is 0 Å². The van der Waals surface area contributed by atoms with Gasteiger partial charge in [0.2, 0.25) is 0 Å². The molecule has 0 aliphatic heterocycles. The minimum Gasteiger partial charge on any atom is -0.326 e. The first kappa shape index (κ1) is 11.9. The molecule has 0 atom stereocenters. The largest absolute Gasteiger partial charge is 0.326 e. The van der Waals surface area contributed by atoms with Crippen LogP contribution in [-0.4, -0.2) is 8.42 Å². The number of hydrogen-bond donors (Lipinski definition) is 1.